The van der Waals surface area contributed by atoms with Crippen molar-refractivity contribution in [3.63, 3.8) is 0 Å². The number of benzene rings is 1. The van der Waals surface area contributed by atoms with Crippen LogP contribution in [0.5, 0.6) is 5.75 Å². The summed E-state index contributed by atoms with van der Waals surface area (Å²) in [6.45, 7) is 3.80. The van der Waals surface area contributed by atoms with E-state index in [1.54, 1.807) is 12.1 Å². The second-order valence-electron chi connectivity index (χ2n) is 9.75. The molecule has 0 saturated carbocycles. The molecule has 13 N–H and O–H groups in total. The predicted octanol–water partition coefficient (Wildman–Crippen LogP) is -2.22. The largest absolute Gasteiger partial charge is 0.508 e. The Kier molecular flexibility index (Phi) is 13.9. The molecule has 0 bridgehead atoms. The van der Waals surface area contributed by atoms with Crippen LogP contribution < -0.4 is 38.9 Å². The van der Waals surface area contributed by atoms with E-state index < -0.39 is 60.2 Å². The lowest BCUT2D eigenvalue weighted by Crippen LogP contribution is -2.58. The molecule has 222 valence electrons. The summed E-state index contributed by atoms with van der Waals surface area (Å²) in [6, 6.07) is 0.967. The molecule has 40 heavy (non-hydrogen) atoms. The second-order valence-corrected chi connectivity index (χ2v) is 9.75. The van der Waals surface area contributed by atoms with Gasteiger partial charge in [-0.1, -0.05) is 26.0 Å². The van der Waals surface area contributed by atoms with E-state index in [1.165, 1.54) is 12.1 Å². The van der Waals surface area contributed by atoms with Crippen LogP contribution in [0.3, 0.4) is 0 Å². The zero-order chi connectivity index (χ0) is 30.4. The zero-order valence-corrected chi connectivity index (χ0v) is 22.6. The number of nitrogens with one attached hydrogen (secondary N) is 3. The quantitative estimate of drug-likeness (QED) is 0.0558. The smallest absolute Gasteiger partial charge is 0.326 e. The van der Waals surface area contributed by atoms with Gasteiger partial charge in [-0.3, -0.25) is 24.2 Å². The first kappa shape index (κ1) is 33.6. The molecule has 1 aromatic rings. The van der Waals surface area contributed by atoms with E-state index in [4.69, 9.17) is 22.9 Å². The highest BCUT2D eigenvalue weighted by Crippen LogP contribution is 2.13. The summed E-state index contributed by atoms with van der Waals surface area (Å²) in [5, 5.41) is 26.6. The Hall–Kier alpha value is -4.40. The third kappa shape index (κ3) is 12.9. The Balaban J connectivity index is 3.10. The number of phenols is 1. The lowest BCUT2D eigenvalue weighted by Gasteiger charge is -2.26. The Labute approximate surface area is 232 Å². The summed E-state index contributed by atoms with van der Waals surface area (Å²) in [5.74, 6) is -4.57. The Morgan fingerprint density at radius 1 is 0.875 bits per heavy atom. The van der Waals surface area contributed by atoms with Crippen molar-refractivity contribution in [1.29, 1.82) is 0 Å². The van der Waals surface area contributed by atoms with Crippen molar-refractivity contribution < 1.29 is 34.2 Å². The summed E-state index contributed by atoms with van der Waals surface area (Å²) in [7, 11) is 0. The van der Waals surface area contributed by atoms with Crippen LogP contribution in [-0.4, -0.2) is 76.5 Å². The van der Waals surface area contributed by atoms with Crippen LogP contribution >= 0.6 is 0 Å². The first-order chi connectivity index (χ1) is 18.7. The fraction of sp³-hybridized carbons (Fsp3) is 0.520. The fourth-order valence-corrected chi connectivity index (χ4v) is 3.67. The third-order valence-electron chi connectivity index (χ3n) is 5.67. The van der Waals surface area contributed by atoms with Crippen molar-refractivity contribution in [2.24, 2.45) is 33.8 Å². The minimum atomic E-state index is -1.31. The molecule has 0 aliphatic rings. The number of carbonyl (C=O) groups is 5. The van der Waals surface area contributed by atoms with Crippen molar-refractivity contribution >= 4 is 35.6 Å². The third-order valence-corrected chi connectivity index (χ3v) is 5.67. The van der Waals surface area contributed by atoms with Gasteiger partial charge >= 0.3 is 5.97 Å². The Bertz CT molecular complexity index is 1060. The van der Waals surface area contributed by atoms with Crippen LogP contribution in [0.4, 0.5) is 0 Å². The highest BCUT2D eigenvalue weighted by atomic mass is 16.4. The van der Waals surface area contributed by atoms with Crippen LogP contribution in [0.2, 0.25) is 0 Å². The first-order valence-electron chi connectivity index (χ1n) is 12.7. The minimum absolute atomic E-state index is 0.00257. The van der Waals surface area contributed by atoms with Crippen molar-refractivity contribution in [3.05, 3.63) is 29.8 Å². The van der Waals surface area contributed by atoms with Crippen LogP contribution in [0.1, 0.15) is 45.1 Å². The molecule has 4 amide bonds. The standard InChI is InChI=1S/C25H40N8O7/c1-13(2)10-18(22(37)31-17(24(39)40)4-3-9-30-25(28)29)33-23(38)19(11-14-5-7-15(34)8-6-14)32-21(36)16(26)12-20(27)35/h5-8,13,16-19,34H,3-4,9-12,26H2,1-2H3,(H2,27,35)(H,31,37)(H,32,36)(H,33,38)(H,39,40)(H4,28,29,30). The van der Waals surface area contributed by atoms with Gasteiger partial charge in [-0.15, -0.1) is 0 Å². The number of aromatic hydroxyl groups is 1. The molecule has 4 unspecified atom stereocenters. The lowest BCUT2D eigenvalue weighted by atomic mass is 10.00. The van der Waals surface area contributed by atoms with Gasteiger partial charge < -0.3 is 49.1 Å². The van der Waals surface area contributed by atoms with Gasteiger partial charge in [0.2, 0.25) is 23.6 Å². The summed E-state index contributed by atoms with van der Waals surface area (Å²) >= 11 is 0. The van der Waals surface area contributed by atoms with E-state index in [9.17, 15) is 34.2 Å². The number of nitrogens with zero attached hydrogens (tertiary/aromatic N) is 1. The van der Waals surface area contributed by atoms with Crippen LogP contribution in [0.25, 0.3) is 0 Å². The van der Waals surface area contributed by atoms with Crippen molar-refractivity contribution in [2.45, 2.75) is 70.1 Å². The first-order valence-corrected chi connectivity index (χ1v) is 12.7. The monoisotopic (exact) mass is 564 g/mol. The number of carbonyl (C=O) groups excluding carboxylic acids is 4. The second kappa shape index (κ2) is 16.5. The lowest BCUT2D eigenvalue weighted by molar-refractivity contribution is -0.142. The maximum absolute atomic E-state index is 13.3. The van der Waals surface area contributed by atoms with Crippen LogP contribution in [-0.2, 0) is 30.4 Å². The number of carboxylic acid groups (broad SMARTS) is 1. The molecule has 0 fully saturated rings. The molecule has 0 saturated heterocycles. The maximum Gasteiger partial charge on any atom is 0.326 e. The number of aliphatic imine (C=N–C) groups is 1. The molecule has 0 heterocycles. The molecule has 1 aromatic carbocycles. The van der Waals surface area contributed by atoms with Crippen LogP contribution in [0.15, 0.2) is 29.3 Å². The number of guanidine groups is 1. The molecule has 15 nitrogen and oxygen atoms in total. The molecular formula is C25H40N8O7. The maximum atomic E-state index is 13.3. The average molecular weight is 565 g/mol. The van der Waals surface area contributed by atoms with E-state index in [0.29, 0.717) is 5.56 Å². The molecule has 0 spiro atoms. The highest BCUT2D eigenvalue weighted by molar-refractivity contribution is 5.95. The summed E-state index contributed by atoms with van der Waals surface area (Å²) in [6.07, 6.45) is -0.00363. The number of hydrogen-bond donors (Lipinski definition) is 9. The van der Waals surface area contributed by atoms with Gasteiger partial charge in [-0.25, -0.2) is 4.79 Å². The molecule has 0 aliphatic heterocycles. The van der Waals surface area contributed by atoms with Crippen molar-refractivity contribution in [1.82, 2.24) is 16.0 Å². The molecule has 0 radical (unpaired) electrons. The van der Waals surface area contributed by atoms with Crippen molar-refractivity contribution in [3.8, 4) is 5.75 Å². The fourth-order valence-electron chi connectivity index (χ4n) is 3.67. The molecule has 15 heteroatoms. The number of amides is 4. The minimum Gasteiger partial charge on any atom is -0.508 e. The number of nitrogens with two attached hydrogens (primary N) is 4. The highest BCUT2D eigenvalue weighted by Gasteiger charge is 2.31. The van der Waals surface area contributed by atoms with E-state index >= 15 is 0 Å². The number of primary amides is 1. The molecule has 0 aliphatic carbocycles. The van der Waals surface area contributed by atoms with Gasteiger partial charge in [0.15, 0.2) is 5.96 Å². The van der Waals surface area contributed by atoms with E-state index in [-0.39, 0.29) is 49.9 Å². The number of phenolic OH excluding ortho intramolecular Hbond substituents is 1. The topological polar surface area (TPSA) is 278 Å². The summed E-state index contributed by atoms with van der Waals surface area (Å²) < 4.78 is 0. The van der Waals surface area contributed by atoms with Gasteiger partial charge in [-0.2, -0.15) is 0 Å². The molecule has 1 rings (SSSR count). The number of aliphatic carboxylic acids is 1. The van der Waals surface area contributed by atoms with Gasteiger partial charge in [0.05, 0.1) is 12.5 Å². The molecule has 4 atom stereocenters. The van der Waals surface area contributed by atoms with E-state index in [2.05, 4.69) is 20.9 Å². The average Bonchev–Trinajstić information content (AvgIpc) is 2.85. The van der Waals surface area contributed by atoms with E-state index in [0.717, 1.165) is 0 Å². The van der Waals surface area contributed by atoms with Gasteiger partial charge in [0.1, 0.15) is 23.9 Å². The predicted molar refractivity (Wildman–Crippen MR) is 146 cm³/mol. The Morgan fingerprint density at radius 3 is 1.95 bits per heavy atom. The number of carboxylic acids is 1. The molecular weight excluding hydrogens is 524 g/mol. The van der Waals surface area contributed by atoms with Crippen LogP contribution in [0, 0.1) is 5.92 Å². The van der Waals surface area contributed by atoms with Gasteiger partial charge in [0, 0.05) is 13.0 Å². The number of hydrogen-bond acceptors (Lipinski definition) is 8. The SMILES string of the molecule is CC(C)CC(NC(=O)C(Cc1ccc(O)cc1)NC(=O)C(N)CC(N)=O)C(=O)NC(CCCN=C(N)N)C(=O)O. The normalized spacial score (nSPS) is 13.8. The van der Waals surface area contributed by atoms with E-state index in [1.807, 2.05) is 13.8 Å². The summed E-state index contributed by atoms with van der Waals surface area (Å²) in [5.41, 5.74) is 21.9. The molecule has 0 aromatic heterocycles. The van der Waals surface area contributed by atoms with Gasteiger partial charge in [-0.05, 0) is 42.9 Å². The van der Waals surface area contributed by atoms with Crippen molar-refractivity contribution in [2.75, 3.05) is 6.54 Å². The zero-order valence-electron chi connectivity index (χ0n) is 22.6. The summed E-state index contributed by atoms with van der Waals surface area (Å²) in [4.78, 5) is 65.7. The number of rotatable bonds is 17. The Morgan fingerprint density at radius 2 is 1.43 bits per heavy atom. The van der Waals surface area contributed by atoms with Gasteiger partial charge in [0.25, 0.3) is 0 Å².